The molecule has 0 aromatic heterocycles. The van der Waals surface area contributed by atoms with E-state index in [0.717, 1.165) is 5.92 Å². The van der Waals surface area contributed by atoms with Crippen LogP contribution < -0.4 is 0 Å². The Bertz CT molecular complexity index is 272. The van der Waals surface area contributed by atoms with Crippen molar-refractivity contribution in [1.29, 1.82) is 0 Å². The predicted octanol–water partition coefficient (Wildman–Crippen LogP) is 4.57. The summed E-state index contributed by atoms with van der Waals surface area (Å²) in [5.41, 5.74) is 0.0661. The van der Waals surface area contributed by atoms with E-state index in [9.17, 15) is 4.79 Å². The Labute approximate surface area is 112 Å². The van der Waals surface area contributed by atoms with Crippen LogP contribution in [-0.4, -0.2) is 11.6 Å². The summed E-state index contributed by atoms with van der Waals surface area (Å²) in [7, 11) is 0. The Morgan fingerprint density at radius 2 is 1.50 bits per heavy atom. The number of hydrogen-bond acceptors (Lipinski definition) is 2. The number of hydrogen-bond donors (Lipinski definition) is 0. The van der Waals surface area contributed by atoms with Crippen molar-refractivity contribution in [3.63, 3.8) is 0 Å². The van der Waals surface area contributed by atoms with Gasteiger partial charge in [0.1, 0.15) is 5.60 Å². The lowest BCUT2D eigenvalue weighted by atomic mass is 9.69. The number of carbonyl (C=O) groups excluding carboxylic acids is 1. The van der Waals surface area contributed by atoms with Gasteiger partial charge in [-0.2, -0.15) is 0 Å². The molecule has 0 N–H and O–H groups in total. The van der Waals surface area contributed by atoms with Gasteiger partial charge in [-0.15, -0.1) is 0 Å². The van der Waals surface area contributed by atoms with Gasteiger partial charge in [0.05, 0.1) is 0 Å². The highest BCUT2D eigenvalue weighted by molar-refractivity contribution is 5.70. The van der Waals surface area contributed by atoms with Gasteiger partial charge in [0.25, 0.3) is 0 Å². The molecule has 106 valence electrons. The molecule has 1 rings (SSSR count). The monoisotopic (exact) mass is 254 g/mol. The molecule has 1 aliphatic rings. The largest absolute Gasteiger partial charge is 0.460 e. The van der Waals surface area contributed by atoms with Crippen molar-refractivity contribution in [2.75, 3.05) is 0 Å². The van der Waals surface area contributed by atoms with Crippen LogP contribution in [0, 0.1) is 17.3 Å². The summed E-state index contributed by atoms with van der Waals surface area (Å²) in [6.45, 7) is 12.8. The number of carbonyl (C=O) groups is 1. The van der Waals surface area contributed by atoms with Crippen LogP contribution in [0.4, 0.5) is 0 Å². The Morgan fingerprint density at radius 1 is 1.00 bits per heavy atom. The van der Waals surface area contributed by atoms with Crippen molar-refractivity contribution in [1.82, 2.24) is 0 Å². The lowest BCUT2D eigenvalue weighted by Gasteiger charge is -2.36. The highest BCUT2D eigenvalue weighted by Crippen LogP contribution is 2.40. The summed E-state index contributed by atoms with van der Waals surface area (Å²) in [5.74, 6) is 1.33. The third kappa shape index (κ3) is 5.41. The van der Waals surface area contributed by atoms with Crippen LogP contribution >= 0.6 is 0 Å². The topological polar surface area (TPSA) is 26.3 Å². The van der Waals surface area contributed by atoms with Crippen molar-refractivity contribution < 1.29 is 9.53 Å². The molecule has 0 bridgehead atoms. The van der Waals surface area contributed by atoms with Crippen LogP contribution in [0.5, 0.6) is 0 Å². The zero-order chi connectivity index (χ0) is 14.0. The summed E-state index contributed by atoms with van der Waals surface area (Å²) in [4.78, 5) is 11.8. The number of rotatable bonds is 2. The Morgan fingerprint density at radius 3 is 1.89 bits per heavy atom. The second kappa shape index (κ2) is 5.63. The Hall–Kier alpha value is -0.530. The van der Waals surface area contributed by atoms with E-state index in [1.807, 2.05) is 20.8 Å². The lowest BCUT2D eigenvalue weighted by Crippen LogP contribution is -2.29. The molecule has 0 amide bonds. The average Bonchev–Trinajstić information content (AvgIpc) is 2.13. The summed E-state index contributed by atoms with van der Waals surface area (Å²) in [6, 6.07) is 0. The minimum Gasteiger partial charge on any atom is -0.460 e. The van der Waals surface area contributed by atoms with E-state index in [-0.39, 0.29) is 11.6 Å². The Balaban J connectivity index is 2.34. The van der Waals surface area contributed by atoms with Crippen LogP contribution in [0.2, 0.25) is 0 Å². The molecule has 2 heteroatoms. The molecule has 0 atom stereocenters. The smallest absolute Gasteiger partial charge is 0.306 e. The molecule has 0 aliphatic heterocycles. The third-order valence-electron chi connectivity index (χ3n) is 3.95. The fourth-order valence-corrected chi connectivity index (χ4v) is 2.85. The van der Waals surface area contributed by atoms with Crippen molar-refractivity contribution >= 4 is 5.97 Å². The predicted molar refractivity (Wildman–Crippen MR) is 75.4 cm³/mol. The zero-order valence-electron chi connectivity index (χ0n) is 13.0. The molecule has 0 heterocycles. The second-order valence-corrected chi connectivity index (χ2v) is 7.87. The van der Waals surface area contributed by atoms with Gasteiger partial charge in [0.15, 0.2) is 0 Å². The summed E-state index contributed by atoms with van der Waals surface area (Å²) < 4.78 is 5.40. The molecule has 0 spiro atoms. The maximum atomic E-state index is 11.8. The molecule has 1 saturated carbocycles. The summed E-state index contributed by atoms with van der Waals surface area (Å²) in [6.07, 6.45) is 5.49. The molecule has 1 fully saturated rings. The molecule has 0 saturated heterocycles. The molecule has 2 nitrogen and oxygen atoms in total. The van der Waals surface area contributed by atoms with Crippen molar-refractivity contribution in [2.24, 2.45) is 17.3 Å². The van der Waals surface area contributed by atoms with Gasteiger partial charge in [0.2, 0.25) is 0 Å². The summed E-state index contributed by atoms with van der Waals surface area (Å²) in [5, 5.41) is 0. The first kappa shape index (κ1) is 15.5. The first-order valence-corrected chi connectivity index (χ1v) is 7.30. The number of ether oxygens (including phenoxy) is 1. The van der Waals surface area contributed by atoms with Gasteiger partial charge >= 0.3 is 5.97 Å². The van der Waals surface area contributed by atoms with Crippen molar-refractivity contribution in [3.8, 4) is 0 Å². The molecule has 0 unspecified atom stereocenters. The zero-order valence-corrected chi connectivity index (χ0v) is 13.0. The summed E-state index contributed by atoms with van der Waals surface area (Å²) >= 11 is 0. The second-order valence-electron chi connectivity index (χ2n) is 7.87. The van der Waals surface area contributed by atoms with Crippen LogP contribution in [-0.2, 0) is 9.53 Å². The van der Waals surface area contributed by atoms with E-state index in [4.69, 9.17) is 4.74 Å². The molecule has 0 radical (unpaired) electrons. The highest BCUT2D eigenvalue weighted by atomic mass is 16.6. The molecule has 1 aliphatic carbocycles. The van der Waals surface area contributed by atoms with E-state index in [1.54, 1.807) is 0 Å². The maximum absolute atomic E-state index is 11.8. The van der Waals surface area contributed by atoms with E-state index >= 15 is 0 Å². The van der Waals surface area contributed by atoms with Crippen LogP contribution in [0.15, 0.2) is 0 Å². The van der Waals surface area contributed by atoms with E-state index in [1.165, 1.54) is 25.7 Å². The highest BCUT2D eigenvalue weighted by Gasteiger charge is 2.31. The Kier molecular flexibility index (Phi) is 4.85. The first-order valence-electron chi connectivity index (χ1n) is 7.30. The van der Waals surface area contributed by atoms with Crippen LogP contribution in [0.1, 0.15) is 73.6 Å². The van der Waals surface area contributed by atoms with E-state index in [2.05, 4.69) is 20.8 Å². The average molecular weight is 254 g/mol. The molecule has 18 heavy (non-hydrogen) atoms. The molecular weight excluding hydrogens is 224 g/mol. The fraction of sp³-hybridized carbons (Fsp3) is 0.938. The van der Waals surface area contributed by atoms with Gasteiger partial charge in [-0.25, -0.2) is 0 Å². The fourth-order valence-electron chi connectivity index (χ4n) is 2.85. The third-order valence-corrected chi connectivity index (χ3v) is 3.95. The van der Waals surface area contributed by atoms with Crippen molar-refractivity contribution in [2.45, 2.75) is 79.2 Å². The van der Waals surface area contributed by atoms with E-state index < -0.39 is 0 Å². The quantitative estimate of drug-likeness (QED) is 0.675. The van der Waals surface area contributed by atoms with Crippen molar-refractivity contribution in [3.05, 3.63) is 0 Å². The minimum absolute atomic E-state index is 0.0262. The van der Waals surface area contributed by atoms with Crippen LogP contribution in [0.3, 0.4) is 0 Å². The van der Waals surface area contributed by atoms with Gasteiger partial charge in [-0.1, -0.05) is 20.8 Å². The van der Waals surface area contributed by atoms with Gasteiger partial charge < -0.3 is 4.74 Å². The number of esters is 1. The normalized spacial score (nSPS) is 25.9. The lowest BCUT2D eigenvalue weighted by molar-refractivity contribution is -0.156. The van der Waals surface area contributed by atoms with Gasteiger partial charge in [-0.05, 0) is 63.7 Å². The first-order chi connectivity index (χ1) is 8.08. The molecule has 0 aromatic rings. The SMILES string of the molecule is CC(C)(C)OC(=O)CC1CCC(C(C)(C)C)CC1. The maximum Gasteiger partial charge on any atom is 0.306 e. The minimum atomic E-state index is -0.348. The molecule has 0 aromatic carbocycles. The van der Waals surface area contributed by atoms with E-state index in [0.29, 0.717) is 17.8 Å². The molecular formula is C16H30O2. The van der Waals surface area contributed by atoms with Gasteiger partial charge in [-0.3, -0.25) is 4.79 Å². The standard InChI is InChI=1S/C16H30O2/c1-15(2,3)13-9-7-12(8-10-13)11-14(17)18-16(4,5)6/h12-13H,7-11H2,1-6H3. The van der Waals surface area contributed by atoms with Gasteiger partial charge in [0, 0.05) is 6.42 Å². The van der Waals surface area contributed by atoms with Crippen LogP contribution in [0.25, 0.3) is 0 Å².